The van der Waals surface area contributed by atoms with Gasteiger partial charge in [0.15, 0.2) is 11.9 Å². The van der Waals surface area contributed by atoms with Gasteiger partial charge in [0.05, 0.1) is 11.3 Å². The standard InChI is InChI=1S/C18H16FNO4/c1-11(21)15-5-3-4-6-16(15)20-17(22)12(2)24-18(23)13-7-9-14(19)10-8-13/h3-10,12H,1-2H3,(H,20,22). The van der Waals surface area contributed by atoms with E-state index < -0.39 is 23.8 Å². The van der Waals surface area contributed by atoms with Crippen LogP contribution in [0.2, 0.25) is 0 Å². The lowest BCUT2D eigenvalue weighted by molar-refractivity contribution is -0.123. The third kappa shape index (κ3) is 4.25. The summed E-state index contributed by atoms with van der Waals surface area (Å²) in [6, 6.07) is 11.3. The highest BCUT2D eigenvalue weighted by atomic mass is 19.1. The van der Waals surface area contributed by atoms with Crippen LogP contribution in [0.25, 0.3) is 0 Å². The maximum Gasteiger partial charge on any atom is 0.338 e. The van der Waals surface area contributed by atoms with Crippen molar-refractivity contribution in [2.24, 2.45) is 0 Å². The van der Waals surface area contributed by atoms with Gasteiger partial charge in [-0.25, -0.2) is 9.18 Å². The fraction of sp³-hybridized carbons (Fsp3) is 0.167. The fourth-order valence-electron chi connectivity index (χ4n) is 2.00. The molecule has 24 heavy (non-hydrogen) atoms. The number of nitrogens with one attached hydrogen (secondary N) is 1. The summed E-state index contributed by atoms with van der Waals surface area (Å²) in [5.41, 5.74) is 0.850. The maximum atomic E-state index is 12.8. The first-order chi connectivity index (χ1) is 11.4. The minimum absolute atomic E-state index is 0.139. The van der Waals surface area contributed by atoms with E-state index in [1.807, 2.05) is 0 Å². The van der Waals surface area contributed by atoms with Gasteiger partial charge in [-0.3, -0.25) is 9.59 Å². The lowest BCUT2D eigenvalue weighted by Crippen LogP contribution is -2.30. The molecule has 0 aliphatic rings. The lowest BCUT2D eigenvalue weighted by atomic mass is 10.1. The summed E-state index contributed by atoms with van der Waals surface area (Å²) in [4.78, 5) is 35.6. The summed E-state index contributed by atoms with van der Waals surface area (Å²) in [6.07, 6.45) is -1.08. The Morgan fingerprint density at radius 3 is 2.29 bits per heavy atom. The Kier molecular flexibility index (Phi) is 5.42. The highest BCUT2D eigenvalue weighted by molar-refractivity contribution is 6.05. The number of carbonyl (C=O) groups excluding carboxylic acids is 3. The highest BCUT2D eigenvalue weighted by Gasteiger charge is 2.20. The van der Waals surface area contributed by atoms with Crippen molar-refractivity contribution in [1.29, 1.82) is 0 Å². The normalized spacial score (nSPS) is 11.5. The van der Waals surface area contributed by atoms with Crippen molar-refractivity contribution in [1.82, 2.24) is 0 Å². The number of esters is 1. The lowest BCUT2D eigenvalue weighted by Gasteiger charge is -2.15. The molecule has 0 saturated heterocycles. The first-order valence-corrected chi connectivity index (χ1v) is 7.26. The van der Waals surface area contributed by atoms with E-state index in [9.17, 15) is 18.8 Å². The zero-order valence-electron chi connectivity index (χ0n) is 13.2. The molecule has 124 valence electrons. The third-order valence-corrected chi connectivity index (χ3v) is 3.30. The monoisotopic (exact) mass is 329 g/mol. The Labute approximate surface area is 138 Å². The number of halogens is 1. The van der Waals surface area contributed by atoms with Crippen molar-refractivity contribution >= 4 is 23.3 Å². The molecule has 0 aromatic heterocycles. The molecule has 1 amide bonds. The van der Waals surface area contributed by atoms with Crippen LogP contribution in [0.1, 0.15) is 34.6 Å². The van der Waals surface area contributed by atoms with Crippen LogP contribution in [-0.4, -0.2) is 23.8 Å². The molecule has 0 spiro atoms. The molecule has 0 saturated carbocycles. The largest absolute Gasteiger partial charge is 0.449 e. The SMILES string of the molecule is CC(=O)c1ccccc1NC(=O)C(C)OC(=O)c1ccc(F)cc1. The maximum absolute atomic E-state index is 12.8. The number of anilines is 1. The van der Waals surface area contributed by atoms with E-state index in [-0.39, 0.29) is 11.3 Å². The van der Waals surface area contributed by atoms with Crippen LogP contribution >= 0.6 is 0 Å². The van der Waals surface area contributed by atoms with E-state index in [0.717, 1.165) is 12.1 Å². The number of Topliss-reactive ketones (excluding diaryl/α,β-unsaturated/α-hetero) is 1. The second-order valence-corrected chi connectivity index (χ2v) is 5.15. The Morgan fingerprint density at radius 1 is 1.04 bits per heavy atom. The van der Waals surface area contributed by atoms with E-state index in [1.54, 1.807) is 24.3 Å². The van der Waals surface area contributed by atoms with Crippen molar-refractivity contribution in [2.45, 2.75) is 20.0 Å². The molecule has 1 N–H and O–H groups in total. The summed E-state index contributed by atoms with van der Waals surface area (Å²) in [6.45, 7) is 2.80. The molecule has 0 aliphatic heterocycles. The van der Waals surface area contributed by atoms with E-state index in [2.05, 4.69) is 5.32 Å². The Balaban J connectivity index is 2.04. The molecule has 0 fully saturated rings. The van der Waals surface area contributed by atoms with E-state index >= 15 is 0 Å². The van der Waals surface area contributed by atoms with Crippen LogP contribution in [0, 0.1) is 5.82 Å². The molecule has 0 bridgehead atoms. The van der Waals surface area contributed by atoms with Crippen molar-refractivity contribution < 1.29 is 23.5 Å². The average molecular weight is 329 g/mol. The second-order valence-electron chi connectivity index (χ2n) is 5.15. The molecule has 0 heterocycles. The van der Waals surface area contributed by atoms with Gasteiger partial charge in [-0.05, 0) is 50.2 Å². The van der Waals surface area contributed by atoms with Crippen LogP contribution in [0.4, 0.5) is 10.1 Å². The topological polar surface area (TPSA) is 72.5 Å². The summed E-state index contributed by atoms with van der Waals surface area (Å²) in [5.74, 6) is -1.98. The number of ketones is 1. The molecule has 6 heteroatoms. The van der Waals surface area contributed by atoms with Gasteiger partial charge in [0.25, 0.3) is 5.91 Å². The van der Waals surface area contributed by atoms with Gasteiger partial charge in [0.1, 0.15) is 5.82 Å². The number of carbonyl (C=O) groups is 3. The van der Waals surface area contributed by atoms with Crippen LogP contribution < -0.4 is 5.32 Å². The molecule has 0 aliphatic carbocycles. The fourth-order valence-corrected chi connectivity index (χ4v) is 2.00. The van der Waals surface area contributed by atoms with Gasteiger partial charge in [-0.1, -0.05) is 12.1 Å². The average Bonchev–Trinajstić information content (AvgIpc) is 2.55. The molecule has 2 aromatic carbocycles. The quantitative estimate of drug-likeness (QED) is 0.675. The summed E-state index contributed by atoms with van der Waals surface area (Å²) in [7, 11) is 0. The van der Waals surface area contributed by atoms with Gasteiger partial charge in [-0.15, -0.1) is 0 Å². The molecular weight excluding hydrogens is 313 g/mol. The van der Waals surface area contributed by atoms with E-state index in [0.29, 0.717) is 11.3 Å². The van der Waals surface area contributed by atoms with Gasteiger partial charge >= 0.3 is 5.97 Å². The third-order valence-electron chi connectivity index (χ3n) is 3.30. The van der Waals surface area contributed by atoms with Crippen molar-refractivity contribution in [3.8, 4) is 0 Å². The van der Waals surface area contributed by atoms with Gasteiger partial charge in [0, 0.05) is 5.56 Å². The molecule has 1 atom stereocenters. The molecule has 1 unspecified atom stereocenters. The number of amides is 1. The number of benzene rings is 2. The van der Waals surface area contributed by atoms with Crippen LogP contribution in [0.5, 0.6) is 0 Å². The summed E-state index contributed by atoms with van der Waals surface area (Å²) >= 11 is 0. The van der Waals surface area contributed by atoms with Crippen LogP contribution in [0.3, 0.4) is 0 Å². The smallest absolute Gasteiger partial charge is 0.338 e. The molecule has 5 nitrogen and oxygen atoms in total. The molecule has 2 rings (SSSR count). The number of hydrogen-bond acceptors (Lipinski definition) is 4. The van der Waals surface area contributed by atoms with Crippen molar-refractivity contribution in [2.75, 3.05) is 5.32 Å². The molecule has 2 aromatic rings. The minimum atomic E-state index is -1.08. The second kappa shape index (κ2) is 7.50. The minimum Gasteiger partial charge on any atom is -0.449 e. The van der Waals surface area contributed by atoms with Crippen molar-refractivity contribution in [3.63, 3.8) is 0 Å². The summed E-state index contributed by atoms with van der Waals surface area (Å²) in [5, 5.41) is 2.56. The molecular formula is C18H16FNO4. The van der Waals surface area contributed by atoms with Gasteiger partial charge < -0.3 is 10.1 Å². The Morgan fingerprint density at radius 2 is 1.67 bits per heavy atom. The predicted octanol–water partition coefficient (Wildman–Crippen LogP) is 3.21. The first kappa shape index (κ1) is 17.3. The number of rotatable bonds is 5. The zero-order chi connectivity index (χ0) is 17.7. The Bertz CT molecular complexity index is 771. The summed E-state index contributed by atoms with van der Waals surface area (Å²) < 4.78 is 17.9. The van der Waals surface area contributed by atoms with Crippen molar-refractivity contribution in [3.05, 3.63) is 65.5 Å². The van der Waals surface area contributed by atoms with Crippen LogP contribution in [0.15, 0.2) is 48.5 Å². The number of ether oxygens (including phenoxy) is 1. The van der Waals surface area contributed by atoms with Gasteiger partial charge in [0.2, 0.25) is 0 Å². The first-order valence-electron chi connectivity index (χ1n) is 7.26. The van der Waals surface area contributed by atoms with E-state index in [4.69, 9.17) is 4.74 Å². The Hall–Kier alpha value is -3.02. The highest BCUT2D eigenvalue weighted by Crippen LogP contribution is 2.16. The van der Waals surface area contributed by atoms with Crippen LogP contribution in [-0.2, 0) is 9.53 Å². The van der Waals surface area contributed by atoms with Gasteiger partial charge in [-0.2, -0.15) is 0 Å². The number of para-hydroxylation sites is 1. The number of hydrogen-bond donors (Lipinski definition) is 1. The molecule has 0 radical (unpaired) electrons. The zero-order valence-corrected chi connectivity index (χ0v) is 13.2. The van der Waals surface area contributed by atoms with E-state index in [1.165, 1.54) is 26.0 Å². The predicted molar refractivity (Wildman–Crippen MR) is 86.4 cm³/mol.